The van der Waals surface area contributed by atoms with Crippen LogP contribution in [0.4, 0.5) is 0 Å². The van der Waals surface area contributed by atoms with Gasteiger partial charge in [0.25, 0.3) is 11.5 Å². The van der Waals surface area contributed by atoms with Crippen molar-refractivity contribution in [2.75, 3.05) is 26.2 Å². The molecule has 1 fully saturated rings. The standard InChI is InChI=1S/C25H23N5O2/c26-16-17-7-11-29(12-8-17)13-9-27-24(31)20-6-3-10-30-23(20)28-22-15-19-5-2-1-4-18(19)14-21(22)25(30)32/h1-6,10,14-15,17H,7-9,11-13H2,(H,27,31). The van der Waals surface area contributed by atoms with Gasteiger partial charge in [-0.2, -0.15) is 5.26 Å². The number of benzene rings is 2. The van der Waals surface area contributed by atoms with Crippen LogP contribution in [-0.2, 0) is 0 Å². The molecule has 2 aromatic carbocycles. The van der Waals surface area contributed by atoms with Crippen LogP contribution in [0.5, 0.6) is 0 Å². The molecule has 1 aliphatic rings. The molecule has 7 nitrogen and oxygen atoms in total. The number of amides is 1. The van der Waals surface area contributed by atoms with Gasteiger partial charge in [-0.3, -0.25) is 14.0 Å². The Bertz CT molecular complexity index is 1430. The molecule has 1 aliphatic heterocycles. The number of nitrogens with zero attached hydrogens (tertiary/aromatic N) is 4. The van der Waals surface area contributed by atoms with Crippen LogP contribution in [0, 0.1) is 17.2 Å². The summed E-state index contributed by atoms with van der Waals surface area (Å²) in [6.07, 6.45) is 3.40. The smallest absolute Gasteiger partial charge is 0.265 e. The molecule has 0 atom stereocenters. The highest BCUT2D eigenvalue weighted by molar-refractivity contribution is 6.02. The summed E-state index contributed by atoms with van der Waals surface area (Å²) in [6, 6.07) is 17.3. The van der Waals surface area contributed by atoms with Crippen molar-refractivity contribution in [2.24, 2.45) is 5.92 Å². The molecule has 32 heavy (non-hydrogen) atoms. The number of rotatable bonds is 4. The maximum Gasteiger partial charge on any atom is 0.265 e. The van der Waals surface area contributed by atoms with E-state index in [1.807, 2.05) is 36.4 Å². The first-order valence-corrected chi connectivity index (χ1v) is 10.9. The second kappa shape index (κ2) is 8.40. The van der Waals surface area contributed by atoms with Crippen LogP contribution in [0.3, 0.4) is 0 Å². The van der Waals surface area contributed by atoms with Gasteiger partial charge in [-0.15, -0.1) is 0 Å². The molecule has 0 spiro atoms. The Morgan fingerprint density at radius 2 is 1.88 bits per heavy atom. The topological polar surface area (TPSA) is 90.5 Å². The Kier molecular flexibility index (Phi) is 5.29. The third-order valence-electron chi connectivity index (χ3n) is 6.24. The van der Waals surface area contributed by atoms with E-state index in [4.69, 9.17) is 5.26 Å². The summed E-state index contributed by atoms with van der Waals surface area (Å²) in [5.74, 6) is -0.102. The van der Waals surface area contributed by atoms with Crippen LogP contribution in [0.25, 0.3) is 27.3 Å². The maximum absolute atomic E-state index is 13.1. The lowest BCUT2D eigenvalue weighted by Crippen LogP contribution is -2.39. The van der Waals surface area contributed by atoms with Gasteiger partial charge < -0.3 is 10.2 Å². The molecular formula is C25H23N5O2. The van der Waals surface area contributed by atoms with Crippen LogP contribution < -0.4 is 10.9 Å². The largest absolute Gasteiger partial charge is 0.351 e. The average Bonchev–Trinajstić information content (AvgIpc) is 2.83. The summed E-state index contributed by atoms with van der Waals surface area (Å²) < 4.78 is 1.44. The normalized spacial score (nSPS) is 15.2. The lowest BCUT2D eigenvalue weighted by Gasteiger charge is -2.28. The summed E-state index contributed by atoms with van der Waals surface area (Å²) in [7, 11) is 0. The van der Waals surface area contributed by atoms with Crippen molar-refractivity contribution in [2.45, 2.75) is 12.8 Å². The van der Waals surface area contributed by atoms with E-state index in [1.165, 1.54) is 4.40 Å². The third kappa shape index (κ3) is 3.70. The van der Waals surface area contributed by atoms with E-state index < -0.39 is 0 Å². The number of nitrogens with one attached hydrogen (secondary N) is 1. The van der Waals surface area contributed by atoms with Gasteiger partial charge in [0, 0.05) is 25.2 Å². The van der Waals surface area contributed by atoms with Crippen LogP contribution in [0.1, 0.15) is 23.2 Å². The van der Waals surface area contributed by atoms with Gasteiger partial charge in [-0.05, 0) is 61.0 Å². The van der Waals surface area contributed by atoms with Crippen molar-refractivity contribution in [3.05, 3.63) is 70.6 Å². The Morgan fingerprint density at radius 1 is 1.12 bits per heavy atom. The van der Waals surface area contributed by atoms with Crippen molar-refractivity contribution in [1.82, 2.24) is 19.6 Å². The number of nitriles is 1. The number of piperidine rings is 1. The number of aromatic nitrogens is 2. The molecule has 1 N–H and O–H groups in total. The first-order valence-electron chi connectivity index (χ1n) is 10.9. The second-order valence-electron chi connectivity index (χ2n) is 8.25. The molecule has 0 unspecified atom stereocenters. The number of hydrogen-bond acceptors (Lipinski definition) is 5. The molecule has 2 aromatic heterocycles. The molecule has 1 saturated heterocycles. The second-order valence-corrected chi connectivity index (χ2v) is 8.25. The van der Waals surface area contributed by atoms with E-state index in [1.54, 1.807) is 18.3 Å². The van der Waals surface area contributed by atoms with E-state index >= 15 is 0 Å². The predicted octanol–water partition coefficient (Wildman–Crippen LogP) is 2.97. The number of carbonyl (C=O) groups excluding carboxylic acids is 1. The van der Waals surface area contributed by atoms with Crippen molar-refractivity contribution in [1.29, 1.82) is 5.26 Å². The van der Waals surface area contributed by atoms with E-state index in [0.29, 0.717) is 28.7 Å². The number of carbonyl (C=O) groups is 1. The third-order valence-corrected chi connectivity index (χ3v) is 6.24. The number of hydrogen-bond donors (Lipinski definition) is 1. The zero-order valence-electron chi connectivity index (χ0n) is 17.6. The highest BCUT2D eigenvalue weighted by Crippen LogP contribution is 2.21. The quantitative estimate of drug-likeness (QED) is 0.508. The Labute approximate surface area is 184 Å². The summed E-state index contributed by atoms with van der Waals surface area (Å²) in [6.45, 7) is 2.98. The molecule has 160 valence electrons. The van der Waals surface area contributed by atoms with E-state index in [-0.39, 0.29) is 17.4 Å². The lowest BCUT2D eigenvalue weighted by molar-refractivity contribution is 0.0946. The van der Waals surface area contributed by atoms with Crippen LogP contribution in [0.2, 0.25) is 0 Å². The number of pyridine rings is 1. The predicted molar refractivity (Wildman–Crippen MR) is 124 cm³/mol. The van der Waals surface area contributed by atoms with Crippen molar-refractivity contribution in [3.8, 4) is 6.07 Å². The minimum absolute atomic E-state index is 0.146. The summed E-state index contributed by atoms with van der Waals surface area (Å²) in [5, 5.41) is 14.5. The van der Waals surface area contributed by atoms with Crippen LogP contribution in [-0.4, -0.2) is 46.4 Å². The highest BCUT2D eigenvalue weighted by atomic mass is 16.2. The zero-order valence-corrected chi connectivity index (χ0v) is 17.6. The molecule has 7 heteroatoms. The molecule has 3 heterocycles. The van der Waals surface area contributed by atoms with Gasteiger partial charge in [-0.1, -0.05) is 24.3 Å². The minimum atomic E-state index is -0.248. The maximum atomic E-state index is 13.1. The van der Waals surface area contributed by atoms with Gasteiger partial charge >= 0.3 is 0 Å². The lowest BCUT2D eigenvalue weighted by atomic mass is 9.99. The Hall–Kier alpha value is -3.76. The summed E-state index contributed by atoms with van der Waals surface area (Å²) >= 11 is 0. The SMILES string of the molecule is N#CC1CCN(CCNC(=O)c2cccn3c(=O)c4cc5ccccc5cc4nc23)CC1. The molecule has 0 aliphatic carbocycles. The molecule has 4 aromatic rings. The van der Waals surface area contributed by atoms with Crippen LogP contribution >= 0.6 is 0 Å². The fourth-order valence-corrected chi connectivity index (χ4v) is 4.40. The fraction of sp³-hybridized carbons (Fsp3) is 0.280. The molecular weight excluding hydrogens is 402 g/mol. The van der Waals surface area contributed by atoms with Gasteiger partial charge in [0.15, 0.2) is 5.65 Å². The van der Waals surface area contributed by atoms with Crippen molar-refractivity contribution >= 4 is 33.2 Å². The molecule has 0 bridgehead atoms. The first-order chi connectivity index (χ1) is 15.6. The number of likely N-dealkylation sites (tertiary alicyclic amines) is 1. The molecule has 5 rings (SSSR count). The van der Waals surface area contributed by atoms with E-state index in [9.17, 15) is 9.59 Å². The fourth-order valence-electron chi connectivity index (χ4n) is 4.40. The first kappa shape index (κ1) is 20.2. The molecule has 0 saturated carbocycles. The minimum Gasteiger partial charge on any atom is -0.351 e. The van der Waals surface area contributed by atoms with E-state index in [0.717, 1.165) is 43.2 Å². The van der Waals surface area contributed by atoms with Gasteiger partial charge in [0.1, 0.15) is 0 Å². The van der Waals surface area contributed by atoms with Gasteiger partial charge in [-0.25, -0.2) is 4.98 Å². The summed E-state index contributed by atoms with van der Waals surface area (Å²) in [4.78, 5) is 33.0. The van der Waals surface area contributed by atoms with Crippen LogP contribution in [0.15, 0.2) is 59.5 Å². The average molecular weight is 425 g/mol. The Morgan fingerprint density at radius 3 is 2.62 bits per heavy atom. The van der Waals surface area contributed by atoms with Crippen molar-refractivity contribution < 1.29 is 4.79 Å². The van der Waals surface area contributed by atoms with E-state index in [2.05, 4.69) is 21.3 Å². The molecule has 0 radical (unpaired) electrons. The highest BCUT2D eigenvalue weighted by Gasteiger charge is 2.19. The molecule has 1 amide bonds. The van der Waals surface area contributed by atoms with Gasteiger partial charge in [0.2, 0.25) is 0 Å². The van der Waals surface area contributed by atoms with Gasteiger partial charge in [0.05, 0.1) is 22.5 Å². The number of fused-ring (bicyclic) bond motifs is 3. The summed E-state index contributed by atoms with van der Waals surface area (Å²) in [5.41, 5.74) is 1.12. The van der Waals surface area contributed by atoms with Crippen molar-refractivity contribution in [3.63, 3.8) is 0 Å². The Balaban J connectivity index is 1.41. The zero-order chi connectivity index (χ0) is 22.1. The monoisotopic (exact) mass is 425 g/mol.